The Bertz CT molecular complexity index is 325. The van der Waals surface area contributed by atoms with Crippen molar-refractivity contribution in [1.82, 2.24) is 4.90 Å². The molecule has 122 valence electrons. The van der Waals surface area contributed by atoms with Crippen LogP contribution in [-0.4, -0.2) is 49.0 Å². The maximum Gasteiger partial charge on any atom is 0.0900 e. The van der Waals surface area contributed by atoms with Gasteiger partial charge in [-0.25, -0.2) is 0 Å². The summed E-state index contributed by atoms with van der Waals surface area (Å²) in [4.78, 5) is 2.42. The highest BCUT2D eigenvalue weighted by molar-refractivity contribution is 4.89. The molecule has 3 aliphatic rings. The Morgan fingerprint density at radius 2 is 1.86 bits per heavy atom. The highest BCUT2D eigenvalue weighted by atomic mass is 16.5. The lowest BCUT2D eigenvalue weighted by atomic mass is 9.89. The lowest BCUT2D eigenvalue weighted by molar-refractivity contribution is -0.0105. The molecule has 1 saturated heterocycles. The van der Waals surface area contributed by atoms with E-state index in [1.165, 1.54) is 32.1 Å². The maximum atomic E-state index is 10.2. The first-order valence-corrected chi connectivity index (χ1v) is 9.08. The van der Waals surface area contributed by atoms with Gasteiger partial charge >= 0.3 is 0 Å². The van der Waals surface area contributed by atoms with Gasteiger partial charge in [-0.15, -0.1) is 0 Å². The largest absolute Gasteiger partial charge is 0.389 e. The van der Waals surface area contributed by atoms with Gasteiger partial charge in [-0.3, -0.25) is 0 Å². The Balaban J connectivity index is 1.32. The second kappa shape index (κ2) is 6.97. The molecule has 0 aromatic rings. The van der Waals surface area contributed by atoms with Gasteiger partial charge in [0.1, 0.15) is 0 Å². The number of hydrogen-bond donors (Lipinski definition) is 1. The maximum absolute atomic E-state index is 10.2. The molecule has 2 aliphatic carbocycles. The number of ether oxygens (including phenoxy) is 1. The molecule has 0 unspecified atom stereocenters. The summed E-state index contributed by atoms with van der Waals surface area (Å²) in [5, 5.41) is 10.2. The van der Waals surface area contributed by atoms with Crippen molar-refractivity contribution in [2.45, 2.75) is 52.1 Å². The minimum absolute atomic E-state index is 0.318. The molecule has 3 rings (SSSR count). The van der Waals surface area contributed by atoms with Crippen molar-refractivity contribution in [3.8, 4) is 0 Å². The monoisotopic (exact) mass is 295 g/mol. The van der Waals surface area contributed by atoms with Crippen molar-refractivity contribution in [2.24, 2.45) is 29.6 Å². The molecule has 2 saturated carbocycles. The summed E-state index contributed by atoms with van der Waals surface area (Å²) in [5.41, 5.74) is 0. The second-order valence-electron chi connectivity index (χ2n) is 8.29. The van der Waals surface area contributed by atoms with E-state index < -0.39 is 0 Å². The third-order valence-electron chi connectivity index (χ3n) is 5.94. The van der Waals surface area contributed by atoms with E-state index in [1.807, 2.05) is 0 Å². The third-order valence-corrected chi connectivity index (χ3v) is 5.94. The first-order chi connectivity index (χ1) is 10.1. The molecule has 3 heteroatoms. The molecule has 0 spiro atoms. The summed E-state index contributed by atoms with van der Waals surface area (Å²) in [6.45, 7) is 9.09. The smallest absolute Gasteiger partial charge is 0.0900 e. The molecular formula is C18H33NO2. The summed E-state index contributed by atoms with van der Waals surface area (Å²) in [5.74, 6) is 4.22. The summed E-state index contributed by atoms with van der Waals surface area (Å²) < 4.78 is 5.85. The van der Waals surface area contributed by atoms with Gasteiger partial charge in [0.15, 0.2) is 0 Å². The van der Waals surface area contributed by atoms with Crippen LogP contribution >= 0.6 is 0 Å². The van der Waals surface area contributed by atoms with E-state index in [9.17, 15) is 5.11 Å². The lowest BCUT2D eigenvalue weighted by Crippen LogP contribution is -2.43. The molecule has 1 N–H and O–H groups in total. The molecular weight excluding hydrogens is 262 g/mol. The van der Waals surface area contributed by atoms with Crippen LogP contribution in [0.3, 0.4) is 0 Å². The molecule has 2 bridgehead atoms. The van der Waals surface area contributed by atoms with Crippen molar-refractivity contribution in [2.75, 3.05) is 32.8 Å². The van der Waals surface area contributed by atoms with E-state index in [2.05, 4.69) is 18.7 Å². The standard InChI is InChI=1S/C18H33NO2/c1-13-5-14(2)9-19(8-13)10-18(20)12-21-11-17-7-15-3-4-16(17)6-15/h13-18,20H,3-12H2,1-2H3/t13-,14+,15-,16-,17-,18+/m0/s1. The molecule has 0 aromatic carbocycles. The van der Waals surface area contributed by atoms with E-state index in [0.717, 1.165) is 55.8 Å². The quantitative estimate of drug-likeness (QED) is 0.818. The van der Waals surface area contributed by atoms with E-state index in [-0.39, 0.29) is 6.10 Å². The normalized spacial score (nSPS) is 41.6. The van der Waals surface area contributed by atoms with Crippen LogP contribution < -0.4 is 0 Å². The Hall–Kier alpha value is -0.120. The zero-order valence-electron chi connectivity index (χ0n) is 13.8. The molecule has 3 fully saturated rings. The van der Waals surface area contributed by atoms with Crippen molar-refractivity contribution in [1.29, 1.82) is 0 Å². The molecule has 3 nitrogen and oxygen atoms in total. The number of aliphatic hydroxyl groups excluding tert-OH is 1. The predicted molar refractivity (Wildman–Crippen MR) is 85.1 cm³/mol. The van der Waals surface area contributed by atoms with Crippen molar-refractivity contribution < 1.29 is 9.84 Å². The molecule has 6 atom stereocenters. The van der Waals surface area contributed by atoms with Crippen LogP contribution in [0.5, 0.6) is 0 Å². The van der Waals surface area contributed by atoms with E-state index in [4.69, 9.17) is 4.74 Å². The minimum atomic E-state index is -0.318. The fourth-order valence-corrected chi connectivity index (χ4v) is 5.23. The van der Waals surface area contributed by atoms with Crippen LogP contribution in [0.15, 0.2) is 0 Å². The Morgan fingerprint density at radius 3 is 2.48 bits per heavy atom. The Labute approximate surface area is 130 Å². The van der Waals surface area contributed by atoms with Gasteiger partial charge in [-0.1, -0.05) is 20.3 Å². The zero-order chi connectivity index (χ0) is 14.8. The van der Waals surface area contributed by atoms with Gasteiger partial charge in [0, 0.05) is 26.2 Å². The number of rotatable bonds is 6. The van der Waals surface area contributed by atoms with Gasteiger partial charge in [0.05, 0.1) is 12.7 Å². The van der Waals surface area contributed by atoms with Gasteiger partial charge in [0.25, 0.3) is 0 Å². The number of aliphatic hydroxyl groups is 1. The number of nitrogens with zero attached hydrogens (tertiary/aromatic N) is 1. The number of likely N-dealkylation sites (tertiary alicyclic amines) is 1. The SMILES string of the molecule is C[C@@H]1C[C@H](C)CN(C[C@@H](O)COC[C@@H]2C[C@H]3CC[C@H]2C3)C1. The van der Waals surface area contributed by atoms with E-state index >= 15 is 0 Å². The topological polar surface area (TPSA) is 32.7 Å². The minimum Gasteiger partial charge on any atom is -0.389 e. The predicted octanol–water partition coefficient (Wildman–Crippen LogP) is 2.78. The van der Waals surface area contributed by atoms with E-state index in [0.29, 0.717) is 6.61 Å². The van der Waals surface area contributed by atoms with Gasteiger partial charge < -0.3 is 14.7 Å². The molecule has 1 heterocycles. The van der Waals surface area contributed by atoms with Crippen LogP contribution in [0, 0.1) is 29.6 Å². The molecule has 0 amide bonds. The highest BCUT2D eigenvalue weighted by Gasteiger charge is 2.39. The van der Waals surface area contributed by atoms with Crippen molar-refractivity contribution >= 4 is 0 Å². The van der Waals surface area contributed by atoms with Crippen LogP contribution in [-0.2, 0) is 4.74 Å². The molecule has 1 aliphatic heterocycles. The summed E-state index contributed by atoms with van der Waals surface area (Å²) in [6, 6.07) is 0. The fraction of sp³-hybridized carbons (Fsp3) is 1.00. The first-order valence-electron chi connectivity index (χ1n) is 9.08. The molecule has 0 radical (unpaired) electrons. The lowest BCUT2D eigenvalue weighted by Gasteiger charge is -2.36. The number of hydrogen-bond acceptors (Lipinski definition) is 3. The summed E-state index contributed by atoms with van der Waals surface area (Å²) >= 11 is 0. The first kappa shape index (κ1) is 15.8. The van der Waals surface area contributed by atoms with Gasteiger partial charge in [-0.05, 0) is 55.3 Å². The van der Waals surface area contributed by atoms with Gasteiger partial charge in [-0.2, -0.15) is 0 Å². The average Bonchev–Trinajstić information content (AvgIpc) is 2.99. The van der Waals surface area contributed by atoms with Crippen LogP contribution in [0.1, 0.15) is 46.0 Å². The summed E-state index contributed by atoms with van der Waals surface area (Å²) in [7, 11) is 0. The molecule has 0 aromatic heterocycles. The summed E-state index contributed by atoms with van der Waals surface area (Å²) in [6.07, 6.45) is 6.70. The third kappa shape index (κ3) is 4.20. The number of piperidine rings is 1. The zero-order valence-corrected chi connectivity index (χ0v) is 13.8. The second-order valence-corrected chi connectivity index (χ2v) is 8.29. The Kier molecular flexibility index (Phi) is 5.23. The average molecular weight is 295 g/mol. The molecule has 21 heavy (non-hydrogen) atoms. The van der Waals surface area contributed by atoms with Crippen LogP contribution in [0.2, 0.25) is 0 Å². The number of fused-ring (bicyclic) bond motifs is 2. The number of β-amino-alcohol motifs (C(OH)–C–C–N with tert-alkyl or cyclic N) is 1. The fourth-order valence-electron chi connectivity index (χ4n) is 5.23. The van der Waals surface area contributed by atoms with E-state index in [1.54, 1.807) is 0 Å². The Morgan fingerprint density at radius 1 is 1.10 bits per heavy atom. The highest BCUT2D eigenvalue weighted by Crippen LogP contribution is 2.48. The van der Waals surface area contributed by atoms with Gasteiger partial charge in [0.2, 0.25) is 0 Å². The van der Waals surface area contributed by atoms with Crippen molar-refractivity contribution in [3.63, 3.8) is 0 Å². The van der Waals surface area contributed by atoms with Crippen LogP contribution in [0.25, 0.3) is 0 Å². The van der Waals surface area contributed by atoms with Crippen molar-refractivity contribution in [3.05, 3.63) is 0 Å². The van der Waals surface area contributed by atoms with Crippen LogP contribution in [0.4, 0.5) is 0 Å².